The molecule has 1 heterocycles. The SMILES string of the molecule is Cc1noc(-c2ccc(C(=O)NCc3ccccc3C)cc2)n1. The molecule has 0 fully saturated rings. The third-order valence-corrected chi connectivity index (χ3v) is 3.62. The van der Waals surface area contributed by atoms with Crippen molar-refractivity contribution in [3.8, 4) is 11.5 Å². The van der Waals surface area contributed by atoms with Crippen molar-refractivity contribution in [1.29, 1.82) is 0 Å². The molecule has 0 aliphatic rings. The Bertz CT molecular complexity index is 822. The lowest BCUT2D eigenvalue weighted by Gasteiger charge is -2.08. The van der Waals surface area contributed by atoms with Crippen LogP contribution in [0.3, 0.4) is 0 Å². The second-order valence-corrected chi connectivity index (χ2v) is 5.33. The van der Waals surface area contributed by atoms with Gasteiger partial charge in [-0.15, -0.1) is 0 Å². The molecule has 23 heavy (non-hydrogen) atoms. The van der Waals surface area contributed by atoms with E-state index in [4.69, 9.17) is 4.52 Å². The highest BCUT2D eigenvalue weighted by Gasteiger charge is 2.09. The Labute approximate surface area is 134 Å². The zero-order chi connectivity index (χ0) is 16.2. The van der Waals surface area contributed by atoms with Gasteiger partial charge in [0, 0.05) is 17.7 Å². The van der Waals surface area contributed by atoms with Gasteiger partial charge >= 0.3 is 0 Å². The number of rotatable bonds is 4. The molecule has 1 amide bonds. The summed E-state index contributed by atoms with van der Waals surface area (Å²) in [7, 11) is 0. The molecule has 0 spiro atoms. The molecule has 0 radical (unpaired) electrons. The molecular formula is C18H17N3O2. The van der Waals surface area contributed by atoms with Gasteiger partial charge in [-0.1, -0.05) is 29.4 Å². The molecule has 116 valence electrons. The van der Waals surface area contributed by atoms with Crippen molar-refractivity contribution in [2.75, 3.05) is 0 Å². The average Bonchev–Trinajstić information content (AvgIpc) is 3.00. The summed E-state index contributed by atoms with van der Waals surface area (Å²) in [5.74, 6) is 0.927. The Morgan fingerprint density at radius 1 is 1.09 bits per heavy atom. The first kappa shape index (κ1) is 15.0. The minimum Gasteiger partial charge on any atom is -0.348 e. The smallest absolute Gasteiger partial charge is 0.257 e. The van der Waals surface area contributed by atoms with Gasteiger partial charge in [-0.2, -0.15) is 4.98 Å². The summed E-state index contributed by atoms with van der Waals surface area (Å²) in [5.41, 5.74) is 3.66. The number of hydrogen-bond donors (Lipinski definition) is 1. The van der Waals surface area contributed by atoms with E-state index in [1.54, 1.807) is 31.2 Å². The van der Waals surface area contributed by atoms with Gasteiger partial charge in [-0.25, -0.2) is 0 Å². The summed E-state index contributed by atoms with van der Waals surface area (Å²) < 4.78 is 5.11. The molecule has 0 bridgehead atoms. The number of aromatic nitrogens is 2. The summed E-state index contributed by atoms with van der Waals surface area (Å²) in [4.78, 5) is 16.4. The molecule has 1 N–H and O–H groups in total. The largest absolute Gasteiger partial charge is 0.348 e. The summed E-state index contributed by atoms with van der Waals surface area (Å²) in [6.45, 7) is 4.30. The van der Waals surface area contributed by atoms with E-state index >= 15 is 0 Å². The number of carbonyl (C=O) groups excluding carboxylic acids is 1. The summed E-state index contributed by atoms with van der Waals surface area (Å²) in [6, 6.07) is 15.1. The Kier molecular flexibility index (Phi) is 4.19. The van der Waals surface area contributed by atoms with Crippen LogP contribution in [0.2, 0.25) is 0 Å². The van der Waals surface area contributed by atoms with Crippen LogP contribution in [-0.4, -0.2) is 16.0 Å². The van der Waals surface area contributed by atoms with Crippen LogP contribution >= 0.6 is 0 Å². The van der Waals surface area contributed by atoms with E-state index in [1.807, 2.05) is 31.2 Å². The van der Waals surface area contributed by atoms with Gasteiger partial charge in [0.2, 0.25) is 0 Å². The van der Waals surface area contributed by atoms with Crippen molar-refractivity contribution < 1.29 is 9.32 Å². The van der Waals surface area contributed by atoms with Gasteiger partial charge < -0.3 is 9.84 Å². The van der Waals surface area contributed by atoms with Gasteiger partial charge in [0.05, 0.1) is 0 Å². The third kappa shape index (κ3) is 3.45. The molecule has 0 atom stereocenters. The molecule has 0 aliphatic heterocycles. The summed E-state index contributed by atoms with van der Waals surface area (Å²) in [6.07, 6.45) is 0. The standard InChI is InChI=1S/C18H17N3O2/c1-12-5-3-4-6-16(12)11-19-17(22)14-7-9-15(10-8-14)18-20-13(2)21-23-18/h3-10H,11H2,1-2H3,(H,19,22). The highest BCUT2D eigenvalue weighted by Crippen LogP contribution is 2.17. The minimum atomic E-state index is -0.110. The Balaban J connectivity index is 1.67. The van der Waals surface area contributed by atoms with Gasteiger partial charge in [0.25, 0.3) is 11.8 Å². The van der Waals surface area contributed by atoms with Crippen molar-refractivity contribution >= 4 is 5.91 Å². The van der Waals surface area contributed by atoms with Crippen LogP contribution < -0.4 is 5.32 Å². The number of aryl methyl sites for hydroxylation is 2. The molecule has 0 saturated carbocycles. The predicted molar refractivity (Wildman–Crippen MR) is 86.8 cm³/mol. The molecule has 5 nitrogen and oxygen atoms in total. The maximum Gasteiger partial charge on any atom is 0.257 e. The number of amides is 1. The van der Waals surface area contributed by atoms with Crippen LogP contribution in [0.25, 0.3) is 11.5 Å². The number of carbonyl (C=O) groups is 1. The van der Waals surface area contributed by atoms with Crippen LogP contribution in [-0.2, 0) is 6.54 Å². The lowest BCUT2D eigenvalue weighted by Crippen LogP contribution is -2.23. The number of nitrogens with zero attached hydrogens (tertiary/aromatic N) is 2. The molecule has 0 unspecified atom stereocenters. The van der Waals surface area contributed by atoms with E-state index in [0.717, 1.165) is 16.7 Å². The van der Waals surface area contributed by atoms with Crippen LogP contribution in [0.4, 0.5) is 0 Å². The predicted octanol–water partition coefficient (Wildman–Crippen LogP) is 3.28. The van der Waals surface area contributed by atoms with E-state index < -0.39 is 0 Å². The summed E-state index contributed by atoms with van der Waals surface area (Å²) in [5, 5.41) is 6.69. The molecule has 1 aromatic heterocycles. The lowest BCUT2D eigenvalue weighted by atomic mass is 10.1. The normalized spacial score (nSPS) is 10.5. The average molecular weight is 307 g/mol. The van der Waals surface area contributed by atoms with Crippen molar-refractivity contribution in [1.82, 2.24) is 15.5 Å². The van der Waals surface area contributed by atoms with Gasteiger partial charge in [0.1, 0.15) is 0 Å². The van der Waals surface area contributed by atoms with Crippen molar-refractivity contribution in [3.05, 3.63) is 71.0 Å². The fourth-order valence-corrected chi connectivity index (χ4v) is 2.26. The van der Waals surface area contributed by atoms with Crippen LogP contribution in [0.5, 0.6) is 0 Å². The van der Waals surface area contributed by atoms with E-state index in [0.29, 0.717) is 23.8 Å². The first-order valence-corrected chi connectivity index (χ1v) is 7.37. The quantitative estimate of drug-likeness (QED) is 0.803. The zero-order valence-electron chi connectivity index (χ0n) is 13.0. The van der Waals surface area contributed by atoms with Crippen molar-refractivity contribution in [3.63, 3.8) is 0 Å². The van der Waals surface area contributed by atoms with E-state index in [9.17, 15) is 4.79 Å². The summed E-state index contributed by atoms with van der Waals surface area (Å²) >= 11 is 0. The van der Waals surface area contributed by atoms with Gasteiger partial charge in [0.15, 0.2) is 5.82 Å². The van der Waals surface area contributed by atoms with E-state index in [1.165, 1.54) is 0 Å². The number of hydrogen-bond acceptors (Lipinski definition) is 4. The first-order chi connectivity index (χ1) is 11.1. The van der Waals surface area contributed by atoms with Crippen LogP contribution in [0.1, 0.15) is 27.3 Å². The van der Waals surface area contributed by atoms with Crippen molar-refractivity contribution in [2.45, 2.75) is 20.4 Å². The Hall–Kier alpha value is -2.95. The maximum absolute atomic E-state index is 12.2. The molecule has 2 aromatic carbocycles. The fourth-order valence-electron chi connectivity index (χ4n) is 2.26. The maximum atomic E-state index is 12.2. The minimum absolute atomic E-state index is 0.110. The molecule has 5 heteroatoms. The Morgan fingerprint density at radius 2 is 1.83 bits per heavy atom. The second kappa shape index (κ2) is 6.44. The second-order valence-electron chi connectivity index (χ2n) is 5.33. The number of benzene rings is 2. The zero-order valence-corrected chi connectivity index (χ0v) is 13.0. The first-order valence-electron chi connectivity index (χ1n) is 7.37. The highest BCUT2D eigenvalue weighted by atomic mass is 16.5. The molecule has 3 rings (SSSR count). The highest BCUT2D eigenvalue weighted by molar-refractivity contribution is 5.94. The van der Waals surface area contributed by atoms with Crippen LogP contribution in [0, 0.1) is 13.8 Å². The van der Waals surface area contributed by atoms with E-state index in [-0.39, 0.29) is 5.91 Å². The lowest BCUT2D eigenvalue weighted by molar-refractivity contribution is 0.0951. The molecule has 0 aliphatic carbocycles. The Morgan fingerprint density at radius 3 is 2.48 bits per heavy atom. The molecule has 3 aromatic rings. The fraction of sp³-hybridized carbons (Fsp3) is 0.167. The monoisotopic (exact) mass is 307 g/mol. The van der Waals surface area contributed by atoms with Gasteiger partial charge in [-0.05, 0) is 49.2 Å². The third-order valence-electron chi connectivity index (χ3n) is 3.62. The van der Waals surface area contributed by atoms with Crippen molar-refractivity contribution in [2.24, 2.45) is 0 Å². The molecular weight excluding hydrogens is 290 g/mol. The number of nitrogens with one attached hydrogen (secondary N) is 1. The topological polar surface area (TPSA) is 68.0 Å². The molecule has 0 saturated heterocycles. The van der Waals surface area contributed by atoms with Gasteiger partial charge in [-0.3, -0.25) is 4.79 Å². The van der Waals surface area contributed by atoms with E-state index in [2.05, 4.69) is 15.5 Å². The van der Waals surface area contributed by atoms with Crippen LogP contribution in [0.15, 0.2) is 53.1 Å².